The summed E-state index contributed by atoms with van der Waals surface area (Å²) in [7, 11) is -1.28. The Morgan fingerprint density at radius 3 is 2.57 bits per heavy atom. The zero-order valence-corrected chi connectivity index (χ0v) is 9.48. The number of ether oxygens (including phenoxy) is 1. The average Bonchev–Trinajstić information content (AvgIpc) is 2.19. The SMILES string of the molecule is COCCCS(=O)(=O)C1CCNCC1. The van der Waals surface area contributed by atoms with Crippen LogP contribution >= 0.6 is 0 Å². The van der Waals surface area contributed by atoms with Gasteiger partial charge in [-0.05, 0) is 32.4 Å². The van der Waals surface area contributed by atoms with Crippen LogP contribution in [0.15, 0.2) is 0 Å². The van der Waals surface area contributed by atoms with Gasteiger partial charge in [-0.2, -0.15) is 0 Å². The lowest BCUT2D eigenvalue weighted by Gasteiger charge is -2.22. The fourth-order valence-corrected chi connectivity index (χ4v) is 3.53. The van der Waals surface area contributed by atoms with E-state index in [-0.39, 0.29) is 11.0 Å². The monoisotopic (exact) mass is 221 g/mol. The fraction of sp³-hybridized carbons (Fsp3) is 1.00. The molecule has 0 atom stereocenters. The average molecular weight is 221 g/mol. The van der Waals surface area contributed by atoms with Crippen molar-refractivity contribution in [3.63, 3.8) is 0 Å². The highest BCUT2D eigenvalue weighted by Gasteiger charge is 2.26. The van der Waals surface area contributed by atoms with Crippen molar-refractivity contribution < 1.29 is 13.2 Å². The van der Waals surface area contributed by atoms with Crippen LogP contribution in [0.2, 0.25) is 0 Å². The van der Waals surface area contributed by atoms with E-state index in [0.717, 1.165) is 25.9 Å². The molecule has 0 aromatic rings. The van der Waals surface area contributed by atoms with E-state index in [1.165, 1.54) is 0 Å². The van der Waals surface area contributed by atoms with Crippen molar-refractivity contribution in [3.8, 4) is 0 Å². The summed E-state index contributed by atoms with van der Waals surface area (Å²) in [6, 6.07) is 0. The molecule has 1 N–H and O–H groups in total. The molecule has 0 aliphatic carbocycles. The van der Waals surface area contributed by atoms with Crippen LogP contribution in [-0.2, 0) is 14.6 Å². The number of hydrogen-bond donors (Lipinski definition) is 1. The molecule has 84 valence electrons. The van der Waals surface area contributed by atoms with E-state index in [1.807, 2.05) is 0 Å². The van der Waals surface area contributed by atoms with Gasteiger partial charge < -0.3 is 10.1 Å². The Morgan fingerprint density at radius 2 is 2.00 bits per heavy atom. The van der Waals surface area contributed by atoms with Gasteiger partial charge in [-0.25, -0.2) is 8.42 Å². The maximum Gasteiger partial charge on any atom is 0.153 e. The van der Waals surface area contributed by atoms with E-state index in [4.69, 9.17) is 4.74 Å². The molecule has 1 saturated heterocycles. The topological polar surface area (TPSA) is 55.4 Å². The predicted molar refractivity (Wildman–Crippen MR) is 56.2 cm³/mol. The lowest BCUT2D eigenvalue weighted by Crippen LogP contribution is -2.36. The Bertz CT molecular complexity index is 245. The van der Waals surface area contributed by atoms with Gasteiger partial charge in [-0.1, -0.05) is 0 Å². The first-order valence-corrected chi connectivity index (χ1v) is 6.79. The summed E-state index contributed by atoms with van der Waals surface area (Å²) < 4.78 is 28.4. The quantitative estimate of drug-likeness (QED) is 0.673. The van der Waals surface area contributed by atoms with Gasteiger partial charge >= 0.3 is 0 Å². The Balaban J connectivity index is 2.38. The lowest BCUT2D eigenvalue weighted by molar-refractivity contribution is 0.199. The molecule has 1 aliphatic heterocycles. The van der Waals surface area contributed by atoms with Crippen molar-refractivity contribution in [2.75, 3.05) is 32.6 Å². The molecule has 0 radical (unpaired) electrons. The Labute approximate surface area is 85.9 Å². The fourth-order valence-electron chi connectivity index (χ4n) is 1.73. The molecule has 0 amide bonds. The van der Waals surface area contributed by atoms with Crippen LogP contribution < -0.4 is 5.32 Å². The van der Waals surface area contributed by atoms with E-state index in [1.54, 1.807) is 7.11 Å². The van der Waals surface area contributed by atoms with Crippen molar-refractivity contribution in [2.24, 2.45) is 0 Å². The summed E-state index contributed by atoms with van der Waals surface area (Å²) in [5.74, 6) is 0.269. The minimum absolute atomic E-state index is 0.124. The third kappa shape index (κ3) is 3.55. The molecule has 1 fully saturated rings. The minimum atomic E-state index is -2.88. The van der Waals surface area contributed by atoms with Gasteiger partial charge in [0.1, 0.15) is 0 Å². The number of methoxy groups -OCH3 is 1. The van der Waals surface area contributed by atoms with Crippen molar-refractivity contribution in [1.82, 2.24) is 5.32 Å². The largest absolute Gasteiger partial charge is 0.385 e. The highest BCUT2D eigenvalue weighted by Crippen LogP contribution is 2.14. The van der Waals surface area contributed by atoms with Crippen LogP contribution in [0.4, 0.5) is 0 Å². The summed E-state index contributed by atoms with van der Waals surface area (Å²) in [6.45, 7) is 2.19. The minimum Gasteiger partial charge on any atom is -0.385 e. The second kappa shape index (κ2) is 5.68. The highest BCUT2D eigenvalue weighted by molar-refractivity contribution is 7.92. The van der Waals surface area contributed by atoms with E-state index in [9.17, 15) is 8.42 Å². The van der Waals surface area contributed by atoms with Gasteiger partial charge in [0.05, 0.1) is 11.0 Å². The maximum atomic E-state index is 11.8. The van der Waals surface area contributed by atoms with Crippen LogP contribution in [0.3, 0.4) is 0 Å². The highest BCUT2D eigenvalue weighted by atomic mass is 32.2. The number of nitrogens with one attached hydrogen (secondary N) is 1. The van der Waals surface area contributed by atoms with Crippen molar-refractivity contribution in [1.29, 1.82) is 0 Å². The van der Waals surface area contributed by atoms with Gasteiger partial charge in [-0.15, -0.1) is 0 Å². The summed E-state index contributed by atoms with van der Waals surface area (Å²) in [5, 5.41) is 3.04. The van der Waals surface area contributed by atoms with Crippen molar-refractivity contribution in [3.05, 3.63) is 0 Å². The van der Waals surface area contributed by atoms with Crippen molar-refractivity contribution >= 4 is 9.84 Å². The molecule has 0 unspecified atom stereocenters. The van der Waals surface area contributed by atoms with Gasteiger partial charge in [0.15, 0.2) is 9.84 Å². The molecular weight excluding hydrogens is 202 g/mol. The van der Waals surface area contributed by atoms with Crippen LogP contribution in [0.5, 0.6) is 0 Å². The second-order valence-corrected chi connectivity index (χ2v) is 6.06. The number of hydrogen-bond acceptors (Lipinski definition) is 4. The van der Waals surface area contributed by atoms with Gasteiger partial charge in [0, 0.05) is 13.7 Å². The first-order valence-electron chi connectivity index (χ1n) is 5.08. The van der Waals surface area contributed by atoms with E-state index in [0.29, 0.717) is 13.0 Å². The standard InChI is InChI=1S/C9H19NO3S/c1-13-7-2-8-14(11,12)9-3-5-10-6-4-9/h9-10H,2-8H2,1H3. The molecule has 1 heterocycles. The molecule has 0 aromatic heterocycles. The van der Waals surface area contributed by atoms with Crippen LogP contribution in [-0.4, -0.2) is 46.2 Å². The molecule has 4 nitrogen and oxygen atoms in total. The molecule has 0 bridgehead atoms. The third-order valence-corrected chi connectivity index (χ3v) is 4.92. The molecule has 0 spiro atoms. The summed E-state index contributed by atoms with van der Waals surface area (Å²) in [4.78, 5) is 0. The number of rotatable bonds is 5. The molecule has 5 heteroatoms. The maximum absolute atomic E-state index is 11.8. The first kappa shape index (κ1) is 11.9. The molecule has 1 aliphatic rings. The molecular formula is C9H19NO3S. The number of sulfone groups is 1. The van der Waals surface area contributed by atoms with E-state index >= 15 is 0 Å². The van der Waals surface area contributed by atoms with Gasteiger partial charge in [0.25, 0.3) is 0 Å². The van der Waals surface area contributed by atoms with Crippen LogP contribution in [0, 0.1) is 0 Å². The molecule has 0 saturated carbocycles. The Morgan fingerprint density at radius 1 is 1.36 bits per heavy atom. The van der Waals surface area contributed by atoms with Crippen LogP contribution in [0.25, 0.3) is 0 Å². The number of piperidine rings is 1. The Kier molecular flexibility index (Phi) is 4.84. The molecule has 1 rings (SSSR count). The third-order valence-electron chi connectivity index (χ3n) is 2.57. The first-order chi connectivity index (χ1) is 6.67. The summed E-state index contributed by atoms with van der Waals surface area (Å²) in [5.41, 5.74) is 0. The Hall–Kier alpha value is -0.130. The second-order valence-electron chi connectivity index (χ2n) is 3.66. The van der Waals surface area contributed by atoms with Crippen molar-refractivity contribution in [2.45, 2.75) is 24.5 Å². The van der Waals surface area contributed by atoms with Gasteiger partial charge in [-0.3, -0.25) is 0 Å². The predicted octanol–water partition coefficient (Wildman–Crippen LogP) is 0.190. The van der Waals surface area contributed by atoms with Crippen LogP contribution in [0.1, 0.15) is 19.3 Å². The van der Waals surface area contributed by atoms with Gasteiger partial charge in [0.2, 0.25) is 0 Å². The summed E-state index contributed by atoms with van der Waals surface area (Å²) >= 11 is 0. The molecule has 14 heavy (non-hydrogen) atoms. The summed E-state index contributed by atoms with van der Waals surface area (Å²) in [6.07, 6.45) is 2.13. The zero-order chi connectivity index (χ0) is 10.4. The molecule has 0 aromatic carbocycles. The lowest BCUT2D eigenvalue weighted by atomic mass is 10.2. The van der Waals surface area contributed by atoms with E-state index < -0.39 is 9.84 Å². The smallest absolute Gasteiger partial charge is 0.153 e. The zero-order valence-electron chi connectivity index (χ0n) is 8.66. The normalized spacial score (nSPS) is 19.8. The van der Waals surface area contributed by atoms with E-state index in [2.05, 4.69) is 5.32 Å².